The van der Waals surface area contributed by atoms with Crippen LogP contribution >= 0.6 is 35.7 Å². The topological polar surface area (TPSA) is 87.4 Å². The molecule has 31 heavy (non-hydrogen) atoms. The quantitative estimate of drug-likeness (QED) is 0.120. The van der Waals surface area contributed by atoms with E-state index >= 15 is 0 Å². The minimum absolute atomic E-state index is 0. The molecule has 3 N–H and O–H groups in total. The number of aryl methyl sites for hydroxylation is 1. The highest BCUT2D eigenvalue weighted by atomic mass is 127. The van der Waals surface area contributed by atoms with Crippen molar-refractivity contribution in [1.29, 1.82) is 0 Å². The largest absolute Gasteiger partial charge is 0.388 e. The highest BCUT2D eigenvalue weighted by molar-refractivity contribution is 14.0. The van der Waals surface area contributed by atoms with Gasteiger partial charge in [0, 0.05) is 32.6 Å². The Morgan fingerprint density at radius 2 is 1.94 bits per heavy atom. The standard InChI is InChI=1S/C22H36N6OS.HI/c1-5-23-21(25-15-13-19(29)18-10-7-6-8-11-18)24-14-9-12-20-26-27-22(30-4)28(20)16-17(2)3;/h6-8,10-11,17,19,29H,5,9,12-16H2,1-4H3,(H2,23,24,25);1H. The summed E-state index contributed by atoms with van der Waals surface area (Å²) in [4.78, 5) is 4.67. The van der Waals surface area contributed by atoms with Gasteiger partial charge in [0.1, 0.15) is 5.82 Å². The highest BCUT2D eigenvalue weighted by Gasteiger charge is 2.12. The molecule has 0 aliphatic heterocycles. The van der Waals surface area contributed by atoms with Crippen molar-refractivity contribution in [1.82, 2.24) is 25.4 Å². The van der Waals surface area contributed by atoms with E-state index in [0.29, 0.717) is 25.4 Å². The fraction of sp³-hybridized carbons (Fsp3) is 0.591. The van der Waals surface area contributed by atoms with E-state index in [4.69, 9.17) is 0 Å². The van der Waals surface area contributed by atoms with E-state index in [-0.39, 0.29) is 24.0 Å². The smallest absolute Gasteiger partial charge is 0.191 e. The van der Waals surface area contributed by atoms with Crippen molar-refractivity contribution in [3.63, 3.8) is 0 Å². The molecule has 174 valence electrons. The Morgan fingerprint density at radius 1 is 1.19 bits per heavy atom. The summed E-state index contributed by atoms with van der Waals surface area (Å²) in [6.45, 7) is 9.57. The zero-order valence-corrected chi connectivity index (χ0v) is 22.2. The second kappa shape index (κ2) is 15.5. The number of rotatable bonds is 12. The van der Waals surface area contributed by atoms with E-state index in [0.717, 1.165) is 48.4 Å². The second-order valence-electron chi connectivity index (χ2n) is 7.61. The molecule has 0 fully saturated rings. The molecule has 1 unspecified atom stereocenters. The normalized spacial score (nSPS) is 12.5. The average Bonchev–Trinajstić information content (AvgIpc) is 3.12. The maximum Gasteiger partial charge on any atom is 0.191 e. The van der Waals surface area contributed by atoms with Crippen molar-refractivity contribution in [2.24, 2.45) is 10.9 Å². The third-order valence-electron chi connectivity index (χ3n) is 4.59. The first kappa shape index (κ1) is 27.7. The van der Waals surface area contributed by atoms with Crippen LogP contribution in [-0.2, 0) is 13.0 Å². The van der Waals surface area contributed by atoms with Gasteiger partial charge in [0.15, 0.2) is 11.1 Å². The molecule has 0 saturated heterocycles. The monoisotopic (exact) mass is 560 g/mol. The Bertz CT molecular complexity index is 769. The van der Waals surface area contributed by atoms with Crippen LogP contribution < -0.4 is 10.6 Å². The maximum atomic E-state index is 10.3. The molecule has 1 aromatic carbocycles. The van der Waals surface area contributed by atoms with Crippen molar-refractivity contribution in [3.05, 3.63) is 41.7 Å². The van der Waals surface area contributed by atoms with E-state index < -0.39 is 6.10 Å². The zero-order valence-electron chi connectivity index (χ0n) is 19.0. The molecule has 1 heterocycles. The zero-order chi connectivity index (χ0) is 21.8. The summed E-state index contributed by atoms with van der Waals surface area (Å²) in [7, 11) is 0. The van der Waals surface area contributed by atoms with Gasteiger partial charge >= 0.3 is 0 Å². The number of halogens is 1. The van der Waals surface area contributed by atoms with Crippen molar-refractivity contribution in [2.75, 3.05) is 25.9 Å². The van der Waals surface area contributed by atoms with Crippen LogP contribution in [0, 0.1) is 5.92 Å². The summed E-state index contributed by atoms with van der Waals surface area (Å²) < 4.78 is 2.23. The Labute approximate surface area is 207 Å². The van der Waals surface area contributed by atoms with E-state index in [1.54, 1.807) is 11.8 Å². The van der Waals surface area contributed by atoms with Gasteiger partial charge in [0.05, 0.1) is 6.10 Å². The van der Waals surface area contributed by atoms with Crippen LogP contribution in [0.5, 0.6) is 0 Å². The summed E-state index contributed by atoms with van der Waals surface area (Å²) >= 11 is 1.64. The molecular formula is C22H37IN6OS. The minimum atomic E-state index is -0.473. The van der Waals surface area contributed by atoms with Gasteiger partial charge in [-0.1, -0.05) is 55.9 Å². The number of benzene rings is 1. The SMILES string of the molecule is CCNC(=NCCCc1nnc(SC)n1CC(C)C)NCCC(O)c1ccccc1.I. The lowest BCUT2D eigenvalue weighted by atomic mass is 10.1. The number of aliphatic hydroxyl groups excluding tert-OH is 1. The molecule has 0 amide bonds. The molecule has 0 radical (unpaired) electrons. The molecule has 9 heteroatoms. The molecule has 0 aliphatic rings. The van der Waals surface area contributed by atoms with Crippen LogP contribution in [0.1, 0.15) is 51.1 Å². The Balaban J connectivity index is 0.00000480. The Kier molecular flexibility index (Phi) is 13.8. The lowest BCUT2D eigenvalue weighted by Crippen LogP contribution is -2.38. The fourth-order valence-corrected chi connectivity index (χ4v) is 3.67. The lowest BCUT2D eigenvalue weighted by molar-refractivity contribution is 0.168. The van der Waals surface area contributed by atoms with Crippen molar-refractivity contribution in [3.8, 4) is 0 Å². The minimum Gasteiger partial charge on any atom is -0.388 e. The van der Waals surface area contributed by atoms with E-state index in [2.05, 4.69) is 44.2 Å². The molecule has 0 spiro atoms. The number of thioether (sulfide) groups is 1. The van der Waals surface area contributed by atoms with Gasteiger partial charge < -0.3 is 20.3 Å². The van der Waals surface area contributed by atoms with Gasteiger partial charge in [0.25, 0.3) is 0 Å². The first-order valence-electron chi connectivity index (χ1n) is 10.8. The van der Waals surface area contributed by atoms with Gasteiger partial charge in [0.2, 0.25) is 0 Å². The number of aliphatic imine (C=N–C) groups is 1. The van der Waals surface area contributed by atoms with Crippen molar-refractivity contribution >= 4 is 41.7 Å². The summed E-state index contributed by atoms with van der Waals surface area (Å²) in [6, 6.07) is 9.75. The molecule has 1 aromatic heterocycles. The summed E-state index contributed by atoms with van der Waals surface area (Å²) in [5, 5.41) is 26.5. The predicted octanol–water partition coefficient (Wildman–Crippen LogP) is 3.89. The third kappa shape index (κ3) is 9.78. The second-order valence-corrected chi connectivity index (χ2v) is 8.39. The lowest BCUT2D eigenvalue weighted by Gasteiger charge is -2.14. The van der Waals surface area contributed by atoms with Crippen LogP contribution in [0.2, 0.25) is 0 Å². The molecule has 0 bridgehead atoms. The van der Waals surface area contributed by atoms with Crippen LogP contribution in [0.4, 0.5) is 0 Å². The molecule has 0 saturated carbocycles. The maximum absolute atomic E-state index is 10.3. The van der Waals surface area contributed by atoms with Crippen molar-refractivity contribution < 1.29 is 5.11 Å². The molecule has 2 aromatic rings. The van der Waals surface area contributed by atoms with Gasteiger partial charge in [-0.3, -0.25) is 4.99 Å². The number of nitrogens with one attached hydrogen (secondary N) is 2. The van der Waals surface area contributed by atoms with Crippen molar-refractivity contribution in [2.45, 2.75) is 57.8 Å². The first-order chi connectivity index (χ1) is 14.5. The third-order valence-corrected chi connectivity index (χ3v) is 5.26. The number of guanidine groups is 1. The summed E-state index contributed by atoms with van der Waals surface area (Å²) in [5.74, 6) is 2.37. The molecule has 1 atom stereocenters. The van der Waals surface area contributed by atoms with Gasteiger partial charge in [-0.2, -0.15) is 0 Å². The Hall–Kier alpha value is -1.33. The summed E-state index contributed by atoms with van der Waals surface area (Å²) in [5.41, 5.74) is 0.941. The van der Waals surface area contributed by atoms with Gasteiger partial charge in [-0.05, 0) is 37.5 Å². The van der Waals surface area contributed by atoms with E-state index in [9.17, 15) is 5.11 Å². The van der Waals surface area contributed by atoms with Crippen LogP contribution in [0.15, 0.2) is 40.5 Å². The van der Waals surface area contributed by atoms with Crippen LogP contribution in [0.3, 0.4) is 0 Å². The average molecular weight is 561 g/mol. The molecule has 7 nitrogen and oxygen atoms in total. The molecule has 2 rings (SSSR count). The van der Waals surface area contributed by atoms with Crippen LogP contribution in [0.25, 0.3) is 0 Å². The molecule has 0 aliphatic carbocycles. The first-order valence-corrected chi connectivity index (χ1v) is 12.0. The number of hydrogen-bond acceptors (Lipinski definition) is 5. The predicted molar refractivity (Wildman–Crippen MR) is 140 cm³/mol. The number of nitrogens with zero attached hydrogens (tertiary/aromatic N) is 4. The fourth-order valence-electron chi connectivity index (χ4n) is 3.14. The molecular weight excluding hydrogens is 523 g/mol. The van der Waals surface area contributed by atoms with E-state index in [1.165, 1.54) is 0 Å². The highest BCUT2D eigenvalue weighted by Crippen LogP contribution is 2.17. The Morgan fingerprint density at radius 3 is 2.58 bits per heavy atom. The van der Waals surface area contributed by atoms with Crippen LogP contribution in [-0.4, -0.2) is 51.7 Å². The van der Waals surface area contributed by atoms with Gasteiger partial charge in [-0.25, -0.2) is 0 Å². The number of aromatic nitrogens is 3. The summed E-state index contributed by atoms with van der Waals surface area (Å²) in [6.07, 6.45) is 3.96. The van der Waals surface area contributed by atoms with Gasteiger partial charge in [-0.15, -0.1) is 34.2 Å². The van der Waals surface area contributed by atoms with E-state index in [1.807, 2.05) is 43.5 Å². The number of aliphatic hydroxyl groups is 1. The number of hydrogen-bond donors (Lipinski definition) is 3.